The fraction of sp³-hybridized carbons (Fsp3) is 0.625. The van der Waals surface area contributed by atoms with Crippen LogP contribution in [-0.2, 0) is 10.8 Å². The number of rotatable bonds is 6. The first-order valence-electron chi connectivity index (χ1n) is 7.18. The van der Waals surface area contributed by atoms with Gasteiger partial charge in [-0.3, -0.25) is 4.21 Å². The smallest absolute Gasteiger partial charge is 0.0246 e. The Hall–Kier alpha value is -0.670. The van der Waals surface area contributed by atoms with Crippen LogP contribution in [0.2, 0.25) is 0 Å². The summed E-state index contributed by atoms with van der Waals surface area (Å²) in [5, 5.41) is 3.66. The second-order valence-corrected chi connectivity index (χ2v) is 7.41. The zero-order valence-corrected chi connectivity index (χ0v) is 13.0. The van der Waals surface area contributed by atoms with E-state index in [-0.39, 0.29) is 0 Å². The van der Waals surface area contributed by atoms with Gasteiger partial charge in [-0.25, -0.2) is 0 Å². The Kier molecular flexibility index (Phi) is 5.17. The summed E-state index contributed by atoms with van der Waals surface area (Å²) in [4.78, 5) is 0. The molecule has 1 fully saturated rings. The Labute approximate surface area is 119 Å². The quantitative estimate of drug-likeness (QED) is 0.867. The van der Waals surface area contributed by atoms with Gasteiger partial charge in [-0.2, -0.15) is 0 Å². The molecule has 0 aliphatic heterocycles. The lowest BCUT2D eigenvalue weighted by molar-refractivity contribution is 0.267. The molecule has 0 aromatic heterocycles. The van der Waals surface area contributed by atoms with E-state index in [0.717, 1.165) is 18.1 Å². The maximum atomic E-state index is 11.1. The van der Waals surface area contributed by atoms with Crippen molar-refractivity contribution in [3.63, 3.8) is 0 Å². The molecule has 1 saturated carbocycles. The fourth-order valence-electron chi connectivity index (χ4n) is 2.88. The van der Waals surface area contributed by atoms with Crippen molar-refractivity contribution in [3.8, 4) is 0 Å². The van der Waals surface area contributed by atoms with Crippen LogP contribution < -0.4 is 5.32 Å². The minimum Gasteiger partial charge on any atom is -0.311 e. The van der Waals surface area contributed by atoms with E-state index in [4.69, 9.17) is 0 Å². The zero-order valence-electron chi connectivity index (χ0n) is 12.2. The fourth-order valence-corrected chi connectivity index (χ4v) is 3.57. The van der Waals surface area contributed by atoms with E-state index in [2.05, 4.69) is 43.4 Å². The van der Waals surface area contributed by atoms with Crippen LogP contribution in [0.3, 0.4) is 0 Å². The summed E-state index contributed by atoms with van der Waals surface area (Å²) < 4.78 is 11.1. The lowest BCUT2D eigenvalue weighted by Crippen LogP contribution is -2.44. The minimum absolute atomic E-state index is 0.478. The highest BCUT2D eigenvalue weighted by Crippen LogP contribution is 2.38. The van der Waals surface area contributed by atoms with Crippen LogP contribution in [0.15, 0.2) is 24.3 Å². The van der Waals surface area contributed by atoms with Gasteiger partial charge in [-0.05, 0) is 50.2 Å². The molecule has 3 heteroatoms. The van der Waals surface area contributed by atoms with E-state index in [1.54, 1.807) is 6.26 Å². The molecule has 0 radical (unpaired) electrons. The summed E-state index contributed by atoms with van der Waals surface area (Å²) in [5.74, 6) is 1.54. The monoisotopic (exact) mass is 279 g/mol. The Morgan fingerprint density at radius 2 is 2.05 bits per heavy atom. The van der Waals surface area contributed by atoms with Crippen molar-refractivity contribution in [3.05, 3.63) is 35.4 Å². The molecule has 0 saturated heterocycles. The third-order valence-corrected chi connectivity index (χ3v) is 4.94. The molecule has 0 heterocycles. The van der Waals surface area contributed by atoms with Gasteiger partial charge in [0.05, 0.1) is 0 Å². The number of hydrogen-bond acceptors (Lipinski definition) is 2. The molecule has 1 N–H and O–H groups in total. The highest BCUT2D eigenvalue weighted by atomic mass is 32.2. The van der Waals surface area contributed by atoms with E-state index in [9.17, 15) is 4.21 Å². The number of hydrogen-bond donors (Lipinski definition) is 1. The molecule has 0 bridgehead atoms. The highest BCUT2D eigenvalue weighted by molar-refractivity contribution is 7.84. The van der Waals surface area contributed by atoms with Crippen LogP contribution in [0.25, 0.3) is 0 Å². The summed E-state index contributed by atoms with van der Waals surface area (Å²) >= 11 is 0. The van der Waals surface area contributed by atoms with Gasteiger partial charge in [-0.1, -0.05) is 24.3 Å². The molecule has 1 aliphatic rings. The summed E-state index contributed by atoms with van der Waals surface area (Å²) in [6.45, 7) is 4.41. The summed E-state index contributed by atoms with van der Waals surface area (Å²) in [7, 11) is -0.665. The zero-order chi connectivity index (χ0) is 13.8. The summed E-state index contributed by atoms with van der Waals surface area (Å²) in [5.41, 5.74) is 2.93. The van der Waals surface area contributed by atoms with Gasteiger partial charge in [0, 0.05) is 34.9 Å². The van der Waals surface area contributed by atoms with E-state index >= 15 is 0 Å². The largest absolute Gasteiger partial charge is 0.311 e. The Morgan fingerprint density at radius 1 is 1.37 bits per heavy atom. The molecule has 1 aromatic carbocycles. The average molecular weight is 279 g/mol. The van der Waals surface area contributed by atoms with Crippen LogP contribution >= 0.6 is 0 Å². The van der Waals surface area contributed by atoms with Crippen LogP contribution in [0.5, 0.6) is 0 Å². The molecule has 2 rings (SSSR count). The SMILES string of the molecule is Cc1ccccc1C1CC(NC(C)CCS(C)=O)C1. The predicted molar refractivity (Wildman–Crippen MR) is 83.1 cm³/mol. The first-order valence-corrected chi connectivity index (χ1v) is 8.90. The van der Waals surface area contributed by atoms with Crippen LogP contribution in [0, 0.1) is 6.92 Å². The molecule has 106 valence electrons. The number of nitrogens with one attached hydrogen (secondary N) is 1. The van der Waals surface area contributed by atoms with Crippen molar-refractivity contribution in [2.24, 2.45) is 0 Å². The first kappa shape index (κ1) is 14.7. The highest BCUT2D eigenvalue weighted by Gasteiger charge is 2.31. The van der Waals surface area contributed by atoms with E-state index in [0.29, 0.717) is 12.1 Å². The van der Waals surface area contributed by atoms with E-state index in [1.165, 1.54) is 24.0 Å². The van der Waals surface area contributed by atoms with Crippen molar-refractivity contribution in [1.29, 1.82) is 0 Å². The molecule has 1 aromatic rings. The van der Waals surface area contributed by atoms with Crippen molar-refractivity contribution >= 4 is 10.8 Å². The second kappa shape index (κ2) is 6.67. The van der Waals surface area contributed by atoms with Gasteiger partial charge in [0.2, 0.25) is 0 Å². The predicted octanol–water partition coefficient (Wildman–Crippen LogP) is 2.99. The molecule has 0 spiro atoms. The number of benzene rings is 1. The van der Waals surface area contributed by atoms with Crippen molar-refractivity contribution in [1.82, 2.24) is 5.32 Å². The topological polar surface area (TPSA) is 29.1 Å². The lowest BCUT2D eigenvalue weighted by atomic mass is 9.74. The third kappa shape index (κ3) is 4.15. The number of aryl methyl sites for hydroxylation is 1. The molecule has 0 amide bonds. The Balaban J connectivity index is 1.74. The van der Waals surface area contributed by atoms with E-state index < -0.39 is 10.8 Å². The van der Waals surface area contributed by atoms with Gasteiger partial charge < -0.3 is 5.32 Å². The second-order valence-electron chi connectivity index (χ2n) is 5.86. The van der Waals surface area contributed by atoms with Crippen molar-refractivity contribution in [2.45, 2.75) is 51.1 Å². The molecule has 1 aliphatic carbocycles. The maximum Gasteiger partial charge on any atom is 0.0246 e. The summed E-state index contributed by atoms with van der Waals surface area (Å²) in [6.07, 6.45) is 5.27. The van der Waals surface area contributed by atoms with E-state index in [1.807, 2.05) is 0 Å². The van der Waals surface area contributed by atoms with Gasteiger partial charge in [-0.15, -0.1) is 0 Å². The third-order valence-electron chi connectivity index (χ3n) is 4.12. The molecule has 2 atom stereocenters. The Bertz CT molecular complexity index is 440. The van der Waals surface area contributed by atoms with Gasteiger partial charge in [0.25, 0.3) is 0 Å². The van der Waals surface area contributed by atoms with Crippen molar-refractivity contribution < 1.29 is 4.21 Å². The normalized spacial score (nSPS) is 25.6. The molecule has 19 heavy (non-hydrogen) atoms. The van der Waals surface area contributed by atoms with Gasteiger partial charge in [0.15, 0.2) is 0 Å². The lowest BCUT2D eigenvalue weighted by Gasteiger charge is -2.38. The molecular formula is C16H25NOS. The maximum absolute atomic E-state index is 11.1. The average Bonchev–Trinajstić information content (AvgIpc) is 2.32. The van der Waals surface area contributed by atoms with Crippen molar-refractivity contribution in [2.75, 3.05) is 12.0 Å². The standard InChI is InChI=1S/C16H25NOS/c1-12-6-4-5-7-16(12)14-10-15(11-14)17-13(2)8-9-19(3)18/h4-7,13-15,17H,8-11H2,1-3H3. The molecule has 2 nitrogen and oxygen atoms in total. The van der Waals surface area contributed by atoms with Crippen LogP contribution in [-0.4, -0.2) is 28.3 Å². The van der Waals surface area contributed by atoms with Gasteiger partial charge >= 0.3 is 0 Å². The first-order chi connectivity index (χ1) is 9.06. The minimum atomic E-state index is -0.665. The molecule has 2 unspecified atom stereocenters. The Morgan fingerprint density at radius 3 is 2.68 bits per heavy atom. The van der Waals surface area contributed by atoms with Gasteiger partial charge in [0.1, 0.15) is 0 Å². The van der Waals surface area contributed by atoms with Crippen LogP contribution in [0.4, 0.5) is 0 Å². The molecular weight excluding hydrogens is 254 g/mol. The van der Waals surface area contributed by atoms with Crippen LogP contribution in [0.1, 0.15) is 43.2 Å². The summed E-state index contributed by atoms with van der Waals surface area (Å²) in [6, 6.07) is 9.84.